The maximum absolute atomic E-state index is 13.6. The number of hydrogen-bond acceptors (Lipinski definition) is 3. The monoisotopic (exact) mass is 346 g/mol. The van der Waals surface area contributed by atoms with Gasteiger partial charge in [0.05, 0.1) is 13.2 Å². The Bertz CT molecular complexity index is 677. The second-order valence-electron chi connectivity index (χ2n) is 6.20. The van der Waals surface area contributed by atoms with Crippen molar-refractivity contribution in [3.63, 3.8) is 0 Å². The molecule has 0 unspecified atom stereocenters. The van der Waals surface area contributed by atoms with Crippen LogP contribution in [0.15, 0.2) is 42.7 Å². The van der Waals surface area contributed by atoms with Crippen LogP contribution in [0.3, 0.4) is 0 Å². The molecule has 2 heterocycles. The van der Waals surface area contributed by atoms with E-state index in [0.29, 0.717) is 26.2 Å². The zero-order valence-electron chi connectivity index (χ0n) is 14.1. The molecule has 0 radical (unpaired) electrons. The molecule has 0 spiro atoms. The van der Waals surface area contributed by atoms with E-state index in [1.54, 1.807) is 29.1 Å². The quantitative estimate of drug-likeness (QED) is 0.874. The molecule has 1 aliphatic heterocycles. The number of carbonyl (C=O) groups excluding carboxylic acids is 1. The summed E-state index contributed by atoms with van der Waals surface area (Å²) in [6.45, 7) is 2.96. The first-order chi connectivity index (χ1) is 12.2. The van der Waals surface area contributed by atoms with E-state index in [-0.39, 0.29) is 23.5 Å². The molecule has 6 nitrogen and oxygen atoms in total. The summed E-state index contributed by atoms with van der Waals surface area (Å²) in [6, 6.07) is 8.18. The molecule has 0 bridgehead atoms. The van der Waals surface area contributed by atoms with Crippen LogP contribution in [0.25, 0.3) is 0 Å². The van der Waals surface area contributed by atoms with Crippen LogP contribution in [0.4, 0.5) is 9.18 Å². The fourth-order valence-electron chi connectivity index (χ4n) is 2.98. The zero-order chi connectivity index (χ0) is 17.5. The molecule has 134 valence electrons. The highest BCUT2D eigenvalue weighted by Crippen LogP contribution is 2.20. The number of halogens is 1. The second-order valence-corrected chi connectivity index (χ2v) is 6.20. The maximum atomic E-state index is 13.6. The highest BCUT2D eigenvalue weighted by atomic mass is 19.1. The van der Waals surface area contributed by atoms with Gasteiger partial charge in [0.2, 0.25) is 0 Å². The Morgan fingerprint density at radius 2 is 2.24 bits per heavy atom. The fraction of sp³-hybridized carbons (Fsp3) is 0.444. The largest absolute Gasteiger partial charge is 0.490 e. The Labute approximate surface area is 146 Å². The molecular weight excluding hydrogens is 323 g/mol. The standard InChI is InChI=1S/C18H23FN4O2/c19-16-6-1-2-7-17(16)25-14-15-5-3-10-22(13-15)18(24)20-9-12-23-11-4-8-21-23/h1-2,4,6-8,11,15H,3,5,9-10,12-14H2,(H,20,24)/t15-/m1/s1. The molecule has 1 saturated heterocycles. The number of para-hydroxylation sites is 1. The number of aromatic nitrogens is 2. The van der Waals surface area contributed by atoms with E-state index in [1.807, 2.05) is 17.2 Å². The van der Waals surface area contributed by atoms with Crippen molar-refractivity contribution in [2.24, 2.45) is 5.92 Å². The van der Waals surface area contributed by atoms with Crippen molar-refractivity contribution in [2.45, 2.75) is 19.4 Å². The molecule has 2 aromatic rings. The Kier molecular flexibility index (Phi) is 5.87. The van der Waals surface area contributed by atoms with E-state index in [1.165, 1.54) is 6.07 Å². The first-order valence-electron chi connectivity index (χ1n) is 8.60. The van der Waals surface area contributed by atoms with Gasteiger partial charge in [-0.1, -0.05) is 12.1 Å². The normalized spacial score (nSPS) is 17.3. The lowest BCUT2D eigenvalue weighted by Crippen LogP contribution is -2.47. The summed E-state index contributed by atoms with van der Waals surface area (Å²) in [7, 11) is 0. The molecule has 7 heteroatoms. The molecular formula is C18H23FN4O2. The average molecular weight is 346 g/mol. The minimum Gasteiger partial charge on any atom is -0.490 e. The van der Waals surface area contributed by atoms with E-state index in [0.717, 1.165) is 19.4 Å². The third-order valence-corrected chi connectivity index (χ3v) is 4.29. The Hall–Kier alpha value is -2.57. The van der Waals surface area contributed by atoms with Crippen LogP contribution in [0.2, 0.25) is 0 Å². The predicted molar refractivity (Wildman–Crippen MR) is 91.8 cm³/mol. The molecule has 3 rings (SSSR count). The first-order valence-corrected chi connectivity index (χ1v) is 8.60. The van der Waals surface area contributed by atoms with Crippen molar-refractivity contribution in [1.82, 2.24) is 20.0 Å². The summed E-state index contributed by atoms with van der Waals surface area (Å²) in [5.41, 5.74) is 0. The van der Waals surface area contributed by atoms with Crippen molar-refractivity contribution in [3.8, 4) is 5.75 Å². The van der Waals surface area contributed by atoms with Crippen LogP contribution in [-0.4, -0.2) is 47.0 Å². The van der Waals surface area contributed by atoms with Gasteiger partial charge in [-0.05, 0) is 31.0 Å². The number of hydrogen-bond donors (Lipinski definition) is 1. The highest BCUT2D eigenvalue weighted by Gasteiger charge is 2.24. The van der Waals surface area contributed by atoms with Crippen molar-refractivity contribution in [2.75, 3.05) is 26.2 Å². The summed E-state index contributed by atoms with van der Waals surface area (Å²) >= 11 is 0. The topological polar surface area (TPSA) is 59.4 Å². The highest BCUT2D eigenvalue weighted by molar-refractivity contribution is 5.74. The van der Waals surface area contributed by atoms with Gasteiger partial charge in [0, 0.05) is 37.9 Å². The number of nitrogens with zero attached hydrogens (tertiary/aromatic N) is 3. The second kappa shape index (κ2) is 8.50. The van der Waals surface area contributed by atoms with Crippen molar-refractivity contribution < 1.29 is 13.9 Å². The van der Waals surface area contributed by atoms with E-state index < -0.39 is 0 Å². The SMILES string of the molecule is O=C(NCCn1cccn1)N1CCC[C@@H](COc2ccccc2F)C1. The average Bonchev–Trinajstić information content (AvgIpc) is 3.15. The molecule has 1 N–H and O–H groups in total. The van der Waals surface area contributed by atoms with Gasteiger partial charge in [-0.15, -0.1) is 0 Å². The summed E-state index contributed by atoms with van der Waals surface area (Å²) < 4.78 is 21.0. The van der Waals surface area contributed by atoms with Crippen LogP contribution in [-0.2, 0) is 6.54 Å². The van der Waals surface area contributed by atoms with Crippen LogP contribution in [0.5, 0.6) is 5.75 Å². The minimum absolute atomic E-state index is 0.0669. The predicted octanol–water partition coefficient (Wildman–Crippen LogP) is 2.52. The number of amides is 2. The van der Waals surface area contributed by atoms with Gasteiger partial charge in [-0.3, -0.25) is 4.68 Å². The molecule has 1 atom stereocenters. The van der Waals surface area contributed by atoms with Crippen LogP contribution in [0.1, 0.15) is 12.8 Å². The zero-order valence-corrected chi connectivity index (χ0v) is 14.1. The lowest BCUT2D eigenvalue weighted by atomic mass is 9.99. The van der Waals surface area contributed by atoms with Gasteiger partial charge < -0.3 is 15.0 Å². The Morgan fingerprint density at radius 1 is 1.36 bits per heavy atom. The molecule has 1 aliphatic rings. The van der Waals surface area contributed by atoms with Crippen molar-refractivity contribution >= 4 is 6.03 Å². The van der Waals surface area contributed by atoms with Gasteiger partial charge in [-0.2, -0.15) is 5.10 Å². The molecule has 2 amide bonds. The summed E-state index contributed by atoms with van der Waals surface area (Å²) in [4.78, 5) is 14.1. The molecule has 1 aromatic carbocycles. The molecule has 1 fully saturated rings. The summed E-state index contributed by atoms with van der Waals surface area (Å²) in [5.74, 6) is 0.125. The van der Waals surface area contributed by atoms with Gasteiger partial charge in [0.1, 0.15) is 0 Å². The maximum Gasteiger partial charge on any atom is 0.317 e. The van der Waals surface area contributed by atoms with E-state index in [2.05, 4.69) is 10.4 Å². The number of piperidine rings is 1. The molecule has 25 heavy (non-hydrogen) atoms. The number of urea groups is 1. The van der Waals surface area contributed by atoms with Crippen LogP contribution >= 0.6 is 0 Å². The Balaban J connectivity index is 1.42. The number of benzene rings is 1. The van der Waals surface area contributed by atoms with Crippen molar-refractivity contribution in [1.29, 1.82) is 0 Å². The summed E-state index contributed by atoms with van der Waals surface area (Å²) in [5, 5.41) is 7.02. The lowest BCUT2D eigenvalue weighted by molar-refractivity contribution is 0.135. The number of carbonyl (C=O) groups is 1. The van der Waals surface area contributed by atoms with Gasteiger partial charge >= 0.3 is 6.03 Å². The smallest absolute Gasteiger partial charge is 0.317 e. The minimum atomic E-state index is -0.355. The number of rotatable bonds is 6. The van der Waals surface area contributed by atoms with Gasteiger partial charge in [-0.25, -0.2) is 9.18 Å². The third kappa shape index (κ3) is 4.95. The van der Waals surface area contributed by atoms with E-state index in [4.69, 9.17) is 4.74 Å². The molecule has 0 aliphatic carbocycles. The van der Waals surface area contributed by atoms with E-state index in [9.17, 15) is 9.18 Å². The van der Waals surface area contributed by atoms with Gasteiger partial charge in [0.25, 0.3) is 0 Å². The first kappa shape index (κ1) is 17.3. The number of nitrogens with one attached hydrogen (secondary N) is 1. The van der Waals surface area contributed by atoms with Gasteiger partial charge in [0.15, 0.2) is 11.6 Å². The molecule has 1 aromatic heterocycles. The van der Waals surface area contributed by atoms with E-state index >= 15 is 0 Å². The molecule has 0 saturated carbocycles. The number of ether oxygens (including phenoxy) is 1. The van der Waals surface area contributed by atoms with Crippen LogP contribution in [0, 0.1) is 11.7 Å². The Morgan fingerprint density at radius 3 is 3.04 bits per heavy atom. The van der Waals surface area contributed by atoms with Crippen LogP contribution < -0.4 is 10.1 Å². The lowest BCUT2D eigenvalue weighted by Gasteiger charge is -2.32. The summed E-state index contributed by atoms with van der Waals surface area (Å²) in [6.07, 6.45) is 5.49. The fourth-order valence-corrected chi connectivity index (χ4v) is 2.98. The number of likely N-dealkylation sites (tertiary alicyclic amines) is 1. The van der Waals surface area contributed by atoms with Crippen molar-refractivity contribution in [3.05, 3.63) is 48.5 Å². The third-order valence-electron chi connectivity index (χ3n) is 4.29.